The fourth-order valence-corrected chi connectivity index (χ4v) is 0.895. The number of nitrogens with one attached hydrogen (secondary N) is 1. The number of benzene rings is 1. The largest absolute Gasteiger partial charge is 0.600 e. The minimum atomic E-state index is -0.240. The van der Waals surface area contributed by atoms with Crippen LogP contribution in [0.15, 0.2) is 34.6 Å². The Morgan fingerprint density at radius 3 is 2.90 bits per heavy atom. The van der Waals surface area contributed by atoms with Crippen molar-refractivity contribution in [3.8, 4) is 0 Å². The first-order chi connectivity index (χ1) is 4.88. The summed E-state index contributed by atoms with van der Waals surface area (Å²) < 4.78 is 0. The molecule has 0 saturated heterocycles. The van der Waals surface area contributed by atoms with Gasteiger partial charge in [-0.3, -0.25) is 0 Å². The van der Waals surface area contributed by atoms with Gasteiger partial charge in [-0.15, -0.1) is 0 Å². The summed E-state index contributed by atoms with van der Waals surface area (Å²) in [5, 5.41) is 17.6. The Labute approximate surface area is 57.4 Å². The summed E-state index contributed by atoms with van der Waals surface area (Å²) in [6.07, 6.45) is 0. The van der Waals surface area contributed by atoms with Gasteiger partial charge >= 0.3 is 0 Å². The number of fused-ring (bicyclic) bond motifs is 1. The summed E-state index contributed by atoms with van der Waals surface area (Å²) in [6.45, 7) is 0. The minimum absolute atomic E-state index is 0.240. The molecule has 1 aliphatic heterocycles. The summed E-state index contributed by atoms with van der Waals surface area (Å²) >= 11 is 0. The normalized spacial score (nSPS) is 21.1. The van der Waals surface area contributed by atoms with Crippen LogP contribution in [0.1, 0.15) is 0 Å². The third kappa shape index (κ3) is 0.632. The van der Waals surface area contributed by atoms with Gasteiger partial charge < -0.3 is 5.21 Å². The van der Waals surface area contributed by atoms with Gasteiger partial charge in [0.25, 0.3) is 0 Å². The second-order valence-corrected chi connectivity index (χ2v) is 2.02. The van der Waals surface area contributed by atoms with Gasteiger partial charge in [0.1, 0.15) is 0 Å². The van der Waals surface area contributed by atoms with Crippen molar-refractivity contribution in [3.63, 3.8) is 0 Å². The van der Waals surface area contributed by atoms with E-state index in [0.29, 0.717) is 11.4 Å². The molecule has 0 spiro atoms. The highest BCUT2D eigenvalue weighted by atomic mass is 16.5. The van der Waals surface area contributed by atoms with Crippen molar-refractivity contribution in [1.82, 2.24) is 0 Å². The molecule has 1 aromatic carbocycles. The van der Waals surface area contributed by atoms with E-state index in [1.165, 1.54) is 0 Å². The number of quaternary nitrogens is 1. The average Bonchev–Trinajstić information content (AvgIpc) is 2.34. The smallest absolute Gasteiger partial charge is 0.187 e. The quantitative estimate of drug-likeness (QED) is 0.523. The molecule has 1 N–H and O–H groups in total. The molecule has 1 aliphatic rings. The minimum Gasteiger partial charge on any atom is -0.600 e. The van der Waals surface area contributed by atoms with Gasteiger partial charge in [-0.25, -0.2) is 0 Å². The lowest BCUT2D eigenvalue weighted by Crippen LogP contribution is -2.95. The fourth-order valence-electron chi connectivity index (χ4n) is 0.895. The van der Waals surface area contributed by atoms with E-state index in [4.69, 9.17) is 0 Å². The zero-order valence-corrected chi connectivity index (χ0v) is 5.11. The molecule has 10 heavy (non-hydrogen) atoms. The molecular weight excluding hydrogens is 130 g/mol. The molecule has 1 unspecified atom stereocenters. The van der Waals surface area contributed by atoms with Gasteiger partial charge in [0, 0.05) is 11.3 Å². The van der Waals surface area contributed by atoms with Crippen molar-refractivity contribution in [2.24, 2.45) is 10.3 Å². The van der Waals surface area contributed by atoms with Crippen molar-refractivity contribution in [2.75, 3.05) is 0 Å². The van der Waals surface area contributed by atoms with Crippen LogP contribution in [0.3, 0.4) is 0 Å². The van der Waals surface area contributed by atoms with Gasteiger partial charge in [-0.2, -0.15) is 5.17 Å². The molecule has 0 saturated carbocycles. The Morgan fingerprint density at radius 1 is 1.30 bits per heavy atom. The number of nitrogens with zero attached hydrogens (tertiary/aromatic N) is 2. The number of rotatable bonds is 0. The van der Waals surface area contributed by atoms with Crippen LogP contribution in [-0.2, 0) is 0 Å². The molecule has 0 aliphatic carbocycles. The van der Waals surface area contributed by atoms with Gasteiger partial charge in [0.05, 0.1) is 0 Å². The van der Waals surface area contributed by atoms with E-state index in [-0.39, 0.29) is 5.17 Å². The molecule has 50 valence electrons. The van der Waals surface area contributed by atoms with Crippen LogP contribution < -0.4 is 5.17 Å². The molecule has 2 rings (SSSR count). The molecule has 1 atom stereocenters. The fraction of sp³-hybridized carbons (Fsp3) is 0. The van der Waals surface area contributed by atoms with Gasteiger partial charge in [0.2, 0.25) is 0 Å². The molecule has 1 aromatic rings. The molecule has 1 heterocycles. The first-order valence-corrected chi connectivity index (χ1v) is 2.93. The summed E-state index contributed by atoms with van der Waals surface area (Å²) in [4.78, 5) is 0. The Hall–Kier alpha value is -1.26. The van der Waals surface area contributed by atoms with E-state index in [9.17, 15) is 5.21 Å². The van der Waals surface area contributed by atoms with E-state index in [2.05, 4.69) is 10.3 Å². The van der Waals surface area contributed by atoms with E-state index in [1.807, 2.05) is 6.07 Å². The predicted octanol–water partition coefficient (Wildman–Crippen LogP) is 0.713. The maximum Gasteiger partial charge on any atom is 0.187 e. The topological polar surface area (TPSA) is 52.2 Å². The SMILES string of the molecule is [O-][NH+]1N=Nc2ccccc21. The molecule has 0 fully saturated rings. The van der Waals surface area contributed by atoms with Crippen LogP contribution in [0, 0.1) is 5.21 Å². The van der Waals surface area contributed by atoms with Crippen molar-refractivity contribution < 1.29 is 5.17 Å². The standard InChI is InChI=1S/C6H5N3O/c10-9-6-4-2-1-3-5(6)7-8-9/h1-4,9H. The van der Waals surface area contributed by atoms with Crippen LogP contribution in [0.25, 0.3) is 0 Å². The molecule has 0 aromatic heterocycles. The first-order valence-electron chi connectivity index (χ1n) is 2.93. The maximum absolute atomic E-state index is 10.8. The highest BCUT2D eigenvalue weighted by molar-refractivity contribution is 5.56. The van der Waals surface area contributed by atoms with Crippen molar-refractivity contribution >= 4 is 11.4 Å². The van der Waals surface area contributed by atoms with Crippen LogP contribution in [0.5, 0.6) is 0 Å². The molecule has 0 bridgehead atoms. The Morgan fingerprint density at radius 2 is 2.10 bits per heavy atom. The average molecular weight is 135 g/mol. The molecular formula is C6H5N3O. The highest BCUT2D eigenvalue weighted by Crippen LogP contribution is 2.23. The lowest BCUT2D eigenvalue weighted by molar-refractivity contribution is -0.784. The Bertz CT molecular complexity index is 284. The summed E-state index contributed by atoms with van der Waals surface area (Å²) in [5.41, 5.74) is 1.27. The van der Waals surface area contributed by atoms with Crippen molar-refractivity contribution in [1.29, 1.82) is 0 Å². The second kappa shape index (κ2) is 1.86. The maximum atomic E-state index is 10.8. The monoisotopic (exact) mass is 135 g/mol. The summed E-state index contributed by atoms with van der Waals surface area (Å²) in [6, 6.07) is 7.12. The lowest BCUT2D eigenvalue weighted by Gasteiger charge is -2.05. The molecule has 4 heteroatoms. The zero-order chi connectivity index (χ0) is 6.97. The van der Waals surface area contributed by atoms with Crippen LogP contribution in [0.4, 0.5) is 11.4 Å². The van der Waals surface area contributed by atoms with Crippen LogP contribution in [-0.4, -0.2) is 0 Å². The van der Waals surface area contributed by atoms with Gasteiger partial charge in [-0.05, 0) is 6.07 Å². The van der Waals surface area contributed by atoms with E-state index in [0.717, 1.165) is 0 Å². The predicted molar refractivity (Wildman–Crippen MR) is 34.9 cm³/mol. The third-order valence-electron chi connectivity index (χ3n) is 1.38. The van der Waals surface area contributed by atoms with Gasteiger partial charge in [-0.1, -0.05) is 17.2 Å². The van der Waals surface area contributed by atoms with Crippen molar-refractivity contribution in [2.45, 2.75) is 0 Å². The molecule has 0 amide bonds. The molecule has 4 nitrogen and oxygen atoms in total. The number of hydrogen-bond donors (Lipinski definition) is 1. The van der Waals surface area contributed by atoms with Crippen LogP contribution >= 0.6 is 0 Å². The Kier molecular flexibility index (Phi) is 1.03. The van der Waals surface area contributed by atoms with Gasteiger partial charge in [0.15, 0.2) is 11.4 Å². The van der Waals surface area contributed by atoms with E-state index < -0.39 is 0 Å². The zero-order valence-electron chi connectivity index (χ0n) is 5.11. The Balaban J connectivity index is 2.59. The summed E-state index contributed by atoms with van der Waals surface area (Å²) in [5.74, 6) is 0. The second-order valence-electron chi connectivity index (χ2n) is 2.02. The number of hydrogen-bond acceptors (Lipinski definition) is 3. The third-order valence-corrected chi connectivity index (χ3v) is 1.38. The highest BCUT2D eigenvalue weighted by Gasteiger charge is 2.14. The first kappa shape index (κ1) is 5.52. The van der Waals surface area contributed by atoms with E-state index in [1.54, 1.807) is 18.2 Å². The van der Waals surface area contributed by atoms with E-state index >= 15 is 0 Å². The molecule has 0 radical (unpaired) electrons. The summed E-state index contributed by atoms with van der Waals surface area (Å²) in [7, 11) is 0. The van der Waals surface area contributed by atoms with Crippen molar-refractivity contribution in [3.05, 3.63) is 29.5 Å². The van der Waals surface area contributed by atoms with Crippen LogP contribution in [0.2, 0.25) is 0 Å². The lowest BCUT2D eigenvalue weighted by atomic mass is 10.3.